The zero-order valence-corrected chi connectivity index (χ0v) is 17.4. The number of hydrogen-bond acceptors (Lipinski definition) is 9. The maximum Gasteiger partial charge on any atom is 0.422 e. The predicted molar refractivity (Wildman–Crippen MR) is 107 cm³/mol. The number of amidine groups is 1. The van der Waals surface area contributed by atoms with Gasteiger partial charge in [0.1, 0.15) is 23.7 Å². The van der Waals surface area contributed by atoms with Crippen molar-refractivity contribution in [2.24, 2.45) is 16.1 Å². The normalized spacial score (nSPS) is 25.6. The molecule has 1 fully saturated rings. The van der Waals surface area contributed by atoms with E-state index in [1.165, 1.54) is 18.2 Å². The molecule has 2 aliphatic rings. The predicted octanol–water partition coefficient (Wildman–Crippen LogP) is 2.24. The Bertz CT molecular complexity index is 1050. The number of benzene rings is 1. The third kappa shape index (κ3) is 4.50. The first-order valence-electron chi connectivity index (χ1n) is 9.83. The summed E-state index contributed by atoms with van der Waals surface area (Å²) in [5.74, 6) is -0.877. The molecule has 0 bridgehead atoms. The average molecular weight is 471 g/mol. The van der Waals surface area contributed by atoms with Gasteiger partial charge in [0, 0.05) is 11.3 Å². The van der Waals surface area contributed by atoms with Crippen molar-refractivity contribution < 1.29 is 36.9 Å². The highest BCUT2D eigenvalue weighted by molar-refractivity contribution is 5.73. The monoisotopic (exact) mass is 471 g/mol. The molecule has 0 saturated carbocycles. The minimum Gasteiger partial charge on any atom is -0.467 e. The SMILES string of the molecule is CC12COCC1(c1cc(NC(O)c3cnc(OCC(F)(F)F)cn3)ccc1F)N=C(N)OC2. The Morgan fingerprint density at radius 2 is 2.03 bits per heavy atom. The van der Waals surface area contributed by atoms with E-state index in [1.807, 2.05) is 6.92 Å². The van der Waals surface area contributed by atoms with Crippen molar-refractivity contribution in [3.8, 4) is 5.88 Å². The second-order valence-corrected chi connectivity index (χ2v) is 8.08. The Balaban J connectivity index is 1.55. The molecule has 3 atom stereocenters. The number of halogens is 4. The maximum absolute atomic E-state index is 14.9. The van der Waals surface area contributed by atoms with Crippen LogP contribution in [0.1, 0.15) is 24.4 Å². The van der Waals surface area contributed by atoms with Crippen LogP contribution in [-0.4, -0.2) is 53.7 Å². The number of aliphatic hydroxyl groups excluding tert-OH is 1. The van der Waals surface area contributed by atoms with Crippen LogP contribution in [0, 0.1) is 11.2 Å². The topological polar surface area (TPSA) is 124 Å². The number of aliphatic hydroxyl groups is 1. The minimum atomic E-state index is -4.51. The molecule has 0 aliphatic carbocycles. The van der Waals surface area contributed by atoms with Gasteiger partial charge >= 0.3 is 6.18 Å². The first-order valence-corrected chi connectivity index (χ1v) is 9.83. The zero-order valence-electron chi connectivity index (χ0n) is 17.4. The summed E-state index contributed by atoms with van der Waals surface area (Å²) in [6.07, 6.45) is -3.88. The molecule has 1 aromatic carbocycles. The van der Waals surface area contributed by atoms with Gasteiger partial charge in [0.05, 0.1) is 31.0 Å². The molecule has 13 heteroatoms. The maximum atomic E-state index is 14.9. The molecule has 3 unspecified atom stereocenters. The first kappa shape index (κ1) is 23.0. The van der Waals surface area contributed by atoms with E-state index in [0.29, 0.717) is 12.3 Å². The van der Waals surface area contributed by atoms with Crippen molar-refractivity contribution in [3.63, 3.8) is 0 Å². The fourth-order valence-corrected chi connectivity index (χ4v) is 3.82. The van der Waals surface area contributed by atoms with Gasteiger partial charge < -0.3 is 30.4 Å². The highest BCUT2D eigenvalue weighted by Gasteiger charge is 2.58. The van der Waals surface area contributed by atoms with Crippen LogP contribution < -0.4 is 15.8 Å². The molecule has 0 radical (unpaired) electrons. The van der Waals surface area contributed by atoms with Gasteiger partial charge in [0.25, 0.3) is 6.02 Å². The number of hydrogen-bond donors (Lipinski definition) is 3. The van der Waals surface area contributed by atoms with E-state index in [-0.39, 0.29) is 36.4 Å². The van der Waals surface area contributed by atoms with Crippen molar-refractivity contribution >= 4 is 11.7 Å². The molecule has 1 aromatic heterocycles. The van der Waals surface area contributed by atoms with Crippen LogP contribution in [0.15, 0.2) is 35.6 Å². The fourth-order valence-electron chi connectivity index (χ4n) is 3.82. The summed E-state index contributed by atoms with van der Waals surface area (Å²) < 4.78 is 67.1. The quantitative estimate of drug-likeness (QED) is 0.433. The van der Waals surface area contributed by atoms with Crippen molar-refractivity contribution in [3.05, 3.63) is 47.7 Å². The Morgan fingerprint density at radius 1 is 1.24 bits per heavy atom. The number of aromatic nitrogens is 2. The number of anilines is 1. The summed E-state index contributed by atoms with van der Waals surface area (Å²) in [4.78, 5) is 12.0. The molecule has 2 aliphatic heterocycles. The number of nitrogens with one attached hydrogen (secondary N) is 1. The zero-order chi connectivity index (χ0) is 23.9. The van der Waals surface area contributed by atoms with Gasteiger partial charge in [-0.15, -0.1) is 0 Å². The van der Waals surface area contributed by atoms with E-state index in [4.69, 9.17) is 15.2 Å². The van der Waals surface area contributed by atoms with Gasteiger partial charge in [-0.05, 0) is 18.2 Å². The van der Waals surface area contributed by atoms with Crippen LogP contribution in [0.25, 0.3) is 0 Å². The lowest BCUT2D eigenvalue weighted by molar-refractivity contribution is -0.154. The molecule has 33 heavy (non-hydrogen) atoms. The van der Waals surface area contributed by atoms with Crippen molar-refractivity contribution in [1.29, 1.82) is 0 Å². The van der Waals surface area contributed by atoms with Gasteiger partial charge in [0.2, 0.25) is 5.88 Å². The lowest BCUT2D eigenvalue weighted by atomic mass is 9.69. The summed E-state index contributed by atoms with van der Waals surface area (Å²) in [6.45, 7) is 0.939. The molecule has 178 valence electrons. The van der Waals surface area contributed by atoms with Crippen molar-refractivity contribution in [2.45, 2.75) is 24.9 Å². The van der Waals surface area contributed by atoms with Crippen LogP contribution in [0.3, 0.4) is 0 Å². The molecule has 1 saturated heterocycles. The molecule has 4 N–H and O–H groups in total. The van der Waals surface area contributed by atoms with Crippen molar-refractivity contribution in [2.75, 3.05) is 31.7 Å². The van der Waals surface area contributed by atoms with E-state index >= 15 is 0 Å². The Labute approximate surface area is 185 Å². The number of nitrogens with zero attached hydrogens (tertiary/aromatic N) is 3. The van der Waals surface area contributed by atoms with Crippen LogP contribution in [0.5, 0.6) is 5.88 Å². The molecule has 0 spiro atoms. The van der Waals surface area contributed by atoms with E-state index < -0.39 is 35.8 Å². The second kappa shape index (κ2) is 8.30. The van der Waals surface area contributed by atoms with Crippen LogP contribution in [-0.2, 0) is 15.0 Å². The van der Waals surface area contributed by atoms with Crippen molar-refractivity contribution in [1.82, 2.24) is 9.97 Å². The van der Waals surface area contributed by atoms with Crippen LogP contribution in [0.4, 0.5) is 23.2 Å². The number of fused-ring (bicyclic) bond motifs is 1. The third-order valence-electron chi connectivity index (χ3n) is 5.60. The summed E-state index contributed by atoms with van der Waals surface area (Å²) >= 11 is 0. The number of nitrogens with two attached hydrogens (primary N) is 1. The van der Waals surface area contributed by atoms with Crippen LogP contribution >= 0.6 is 0 Å². The number of ether oxygens (including phenoxy) is 3. The van der Waals surface area contributed by atoms with E-state index in [9.17, 15) is 22.7 Å². The molecule has 9 nitrogen and oxygen atoms in total. The summed E-state index contributed by atoms with van der Waals surface area (Å²) in [6, 6.07) is 4.05. The first-order chi connectivity index (χ1) is 15.5. The standard InChI is InChI=1S/C20H21F4N5O4/c1-18-7-31-9-19(18,29-17(25)33-8-18)12-4-11(2-3-13(12)21)28-16(30)14-5-27-15(6-26-14)32-10-20(22,23)24/h2-6,16,28,30H,7-10H2,1H3,(H2,25,29). The lowest BCUT2D eigenvalue weighted by Crippen LogP contribution is -2.50. The largest absolute Gasteiger partial charge is 0.467 e. The molecular formula is C20H21F4N5O4. The number of aliphatic imine (C=N–C) groups is 1. The second-order valence-electron chi connectivity index (χ2n) is 8.08. The third-order valence-corrected chi connectivity index (χ3v) is 5.60. The number of rotatable bonds is 6. The fraction of sp³-hybridized carbons (Fsp3) is 0.450. The van der Waals surface area contributed by atoms with Crippen LogP contribution in [0.2, 0.25) is 0 Å². The molecule has 4 rings (SSSR count). The van der Waals surface area contributed by atoms with Gasteiger partial charge in [-0.3, -0.25) is 0 Å². The average Bonchev–Trinajstić information content (AvgIpc) is 3.10. The van der Waals surface area contributed by atoms with Gasteiger partial charge in [-0.1, -0.05) is 6.92 Å². The summed E-state index contributed by atoms with van der Waals surface area (Å²) in [7, 11) is 0. The highest BCUT2D eigenvalue weighted by atomic mass is 19.4. The lowest BCUT2D eigenvalue weighted by Gasteiger charge is -2.42. The van der Waals surface area contributed by atoms with Gasteiger partial charge in [-0.2, -0.15) is 13.2 Å². The van der Waals surface area contributed by atoms with Gasteiger partial charge in [0.15, 0.2) is 12.8 Å². The molecule has 3 heterocycles. The molecule has 0 amide bonds. The van der Waals surface area contributed by atoms with Gasteiger partial charge in [-0.25, -0.2) is 19.4 Å². The Kier molecular flexibility index (Phi) is 5.78. The Morgan fingerprint density at radius 3 is 2.73 bits per heavy atom. The summed E-state index contributed by atoms with van der Waals surface area (Å²) in [5, 5.41) is 13.2. The van der Waals surface area contributed by atoms with E-state index in [1.54, 1.807) is 0 Å². The highest BCUT2D eigenvalue weighted by Crippen LogP contribution is 2.51. The van der Waals surface area contributed by atoms with E-state index in [2.05, 4.69) is 25.0 Å². The van der Waals surface area contributed by atoms with E-state index in [0.717, 1.165) is 12.4 Å². The smallest absolute Gasteiger partial charge is 0.422 e. The molecule has 2 aromatic rings. The number of alkyl halides is 3. The Hall–Kier alpha value is -3.19. The summed E-state index contributed by atoms with van der Waals surface area (Å²) in [5.41, 5.74) is 4.57. The minimum absolute atomic E-state index is 0.0146. The molecular weight excluding hydrogens is 450 g/mol.